The molecular weight excluding hydrogens is 338 g/mol. The molecule has 1 heterocycles. The summed E-state index contributed by atoms with van der Waals surface area (Å²) in [6.45, 7) is 0. The fourth-order valence-electron chi connectivity index (χ4n) is 3.89. The number of carbonyl (C=O) groups excluding carboxylic acids is 1. The second-order valence-electron chi connectivity index (χ2n) is 6.66. The third kappa shape index (κ3) is 2.83. The van der Waals surface area contributed by atoms with E-state index in [2.05, 4.69) is 4.57 Å². The van der Waals surface area contributed by atoms with E-state index in [9.17, 15) is 9.90 Å². The van der Waals surface area contributed by atoms with Gasteiger partial charge in [-0.25, -0.2) is 0 Å². The Bertz CT molecular complexity index is 1140. The zero-order chi connectivity index (χ0) is 19.0. The number of benzene rings is 3. The van der Waals surface area contributed by atoms with E-state index in [1.54, 1.807) is 0 Å². The fraction of sp³-hybridized carbons (Fsp3) is 0.174. The van der Waals surface area contributed by atoms with Crippen molar-refractivity contribution in [3.05, 3.63) is 66.2 Å². The summed E-state index contributed by atoms with van der Waals surface area (Å²) < 4.78 is 6.95. The summed E-state index contributed by atoms with van der Waals surface area (Å²) >= 11 is 0. The minimum absolute atomic E-state index is 0.242. The largest absolute Gasteiger partial charge is 0.507 e. The Morgan fingerprint density at radius 2 is 1.78 bits per heavy atom. The molecule has 0 aliphatic heterocycles. The molecule has 0 aliphatic rings. The molecule has 0 amide bonds. The highest BCUT2D eigenvalue weighted by molar-refractivity contribution is 6.13. The zero-order valence-electron chi connectivity index (χ0n) is 15.4. The van der Waals surface area contributed by atoms with Gasteiger partial charge in [-0.2, -0.15) is 0 Å². The van der Waals surface area contributed by atoms with Crippen LogP contribution < -0.4 is 0 Å². The van der Waals surface area contributed by atoms with Crippen molar-refractivity contribution in [2.45, 2.75) is 12.8 Å². The third-order valence-corrected chi connectivity index (χ3v) is 5.15. The molecule has 0 bridgehead atoms. The number of phenols is 1. The van der Waals surface area contributed by atoms with E-state index in [1.807, 2.05) is 67.7 Å². The van der Waals surface area contributed by atoms with Gasteiger partial charge in [-0.05, 0) is 35.2 Å². The highest BCUT2D eigenvalue weighted by Crippen LogP contribution is 2.41. The Labute approximate surface area is 157 Å². The number of hydrogen-bond acceptors (Lipinski definition) is 3. The van der Waals surface area contributed by atoms with Crippen LogP contribution in [0, 0.1) is 0 Å². The number of aromatic nitrogens is 1. The molecule has 0 saturated carbocycles. The number of rotatable bonds is 4. The van der Waals surface area contributed by atoms with Gasteiger partial charge in [0.05, 0.1) is 12.6 Å². The number of phenolic OH excluding ortho intramolecular Hbond substituents is 1. The molecule has 4 heteroatoms. The van der Waals surface area contributed by atoms with Gasteiger partial charge in [0.25, 0.3) is 0 Å². The maximum atomic E-state index is 11.8. The van der Waals surface area contributed by atoms with Crippen LogP contribution in [-0.4, -0.2) is 22.8 Å². The lowest BCUT2D eigenvalue weighted by Crippen LogP contribution is -2.04. The molecule has 3 aromatic carbocycles. The van der Waals surface area contributed by atoms with Gasteiger partial charge in [-0.3, -0.25) is 4.79 Å². The van der Waals surface area contributed by atoms with Crippen LogP contribution in [0.15, 0.2) is 60.7 Å². The molecule has 0 aliphatic carbocycles. The SMILES string of the molecule is COC(=O)CCc1c(-c2ccccc2)cc(O)c2c3ccccc3n(C)c12. The highest BCUT2D eigenvalue weighted by Gasteiger charge is 2.20. The van der Waals surface area contributed by atoms with Gasteiger partial charge in [-0.15, -0.1) is 0 Å². The van der Waals surface area contributed by atoms with Gasteiger partial charge in [0, 0.05) is 29.8 Å². The average Bonchev–Trinajstić information content (AvgIpc) is 3.01. The van der Waals surface area contributed by atoms with E-state index >= 15 is 0 Å². The standard InChI is InChI=1S/C23H21NO3/c1-24-19-11-7-6-10-17(19)22-20(25)14-18(15-8-4-3-5-9-15)16(23(22)24)12-13-21(26)27-2/h3-11,14,25H,12-13H2,1-2H3. The molecule has 0 saturated heterocycles. The molecule has 4 aromatic rings. The minimum atomic E-state index is -0.242. The van der Waals surface area contributed by atoms with E-state index in [-0.39, 0.29) is 18.1 Å². The second kappa shape index (κ2) is 6.80. The van der Waals surface area contributed by atoms with Crippen molar-refractivity contribution in [2.24, 2.45) is 7.05 Å². The Hall–Kier alpha value is -3.27. The van der Waals surface area contributed by atoms with Crippen LogP contribution >= 0.6 is 0 Å². The number of carbonyl (C=O) groups is 1. The van der Waals surface area contributed by atoms with Gasteiger partial charge >= 0.3 is 5.97 Å². The first kappa shape index (κ1) is 17.2. The number of nitrogens with zero attached hydrogens (tertiary/aromatic N) is 1. The summed E-state index contributed by atoms with van der Waals surface area (Å²) in [5.74, 6) is 0.0106. The van der Waals surface area contributed by atoms with E-state index in [1.165, 1.54) is 7.11 Å². The number of aryl methyl sites for hydroxylation is 2. The Balaban J connectivity index is 2.06. The monoisotopic (exact) mass is 359 g/mol. The van der Waals surface area contributed by atoms with E-state index in [0.29, 0.717) is 6.42 Å². The van der Waals surface area contributed by atoms with E-state index in [0.717, 1.165) is 38.5 Å². The first-order valence-corrected chi connectivity index (χ1v) is 8.96. The van der Waals surface area contributed by atoms with Crippen molar-refractivity contribution >= 4 is 27.8 Å². The normalized spacial score (nSPS) is 11.2. The second-order valence-corrected chi connectivity index (χ2v) is 6.66. The predicted octanol–water partition coefficient (Wildman–Crippen LogP) is 4.81. The number of fused-ring (bicyclic) bond motifs is 3. The van der Waals surface area contributed by atoms with Crippen molar-refractivity contribution in [3.63, 3.8) is 0 Å². The fourth-order valence-corrected chi connectivity index (χ4v) is 3.89. The molecule has 1 N–H and O–H groups in total. The molecule has 136 valence electrons. The molecule has 0 spiro atoms. The van der Waals surface area contributed by atoms with Crippen LogP contribution in [0.25, 0.3) is 32.9 Å². The summed E-state index contributed by atoms with van der Waals surface area (Å²) in [5.41, 5.74) is 5.00. The lowest BCUT2D eigenvalue weighted by Gasteiger charge is -2.14. The molecule has 27 heavy (non-hydrogen) atoms. The summed E-state index contributed by atoms with van der Waals surface area (Å²) in [7, 11) is 3.41. The minimum Gasteiger partial charge on any atom is -0.507 e. The summed E-state index contributed by atoms with van der Waals surface area (Å²) in [4.78, 5) is 11.8. The summed E-state index contributed by atoms with van der Waals surface area (Å²) in [5, 5.41) is 12.7. The topological polar surface area (TPSA) is 51.5 Å². The van der Waals surface area contributed by atoms with E-state index < -0.39 is 0 Å². The first-order chi connectivity index (χ1) is 13.1. The van der Waals surface area contributed by atoms with Gasteiger partial charge in [0.2, 0.25) is 0 Å². The van der Waals surface area contributed by atoms with Crippen molar-refractivity contribution in [1.29, 1.82) is 0 Å². The molecule has 4 rings (SSSR count). The average molecular weight is 359 g/mol. The predicted molar refractivity (Wildman–Crippen MR) is 108 cm³/mol. The smallest absolute Gasteiger partial charge is 0.305 e. The van der Waals surface area contributed by atoms with Crippen molar-refractivity contribution in [3.8, 4) is 16.9 Å². The number of methoxy groups -OCH3 is 1. The molecule has 4 nitrogen and oxygen atoms in total. The number of aromatic hydroxyl groups is 1. The number of ether oxygens (including phenoxy) is 1. The van der Waals surface area contributed by atoms with Crippen LogP contribution in [0.1, 0.15) is 12.0 Å². The van der Waals surface area contributed by atoms with Crippen LogP contribution in [-0.2, 0) is 23.0 Å². The number of para-hydroxylation sites is 1. The number of hydrogen-bond donors (Lipinski definition) is 1. The van der Waals surface area contributed by atoms with Crippen LogP contribution in [0.4, 0.5) is 0 Å². The van der Waals surface area contributed by atoms with E-state index in [4.69, 9.17) is 4.74 Å². The van der Waals surface area contributed by atoms with Crippen molar-refractivity contribution in [2.75, 3.05) is 7.11 Å². The molecule has 0 atom stereocenters. The Kier molecular flexibility index (Phi) is 4.32. The van der Waals surface area contributed by atoms with Crippen LogP contribution in [0.3, 0.4) is 0 Å². The number of esters is 1. The lowest BCUT2D eigenvalue weighted by molar-refractivity contribution is -0.140. The van der Waals surface area contributed by atoms with Gasteiger partial charge < -0.3 is 14.4 Å². The first-order valence-electron chi connectivity index (χ1n) is 8.96. The summed E-state index contributed by atoms with van der Waals surface area (Å²) in [6.07, 6.45) is 0.829. The Morgan fingerprint density at radius 1 is 1.07 bits per heavy atom. The molecular formula is C23H21NO3. The lowest BCUT2D eigenvalue weighted by atomic mass is 9.93. The highest BCUT2D eigenvalue weighted by atomic mass is 16.5. The van der Waals surface area contributed by atoms with Crippen molar-refractivity contribution < 1.29 is 14.6 Å². The molecule has 0 unspecified atom stereocenters. The van der Waals surface area contributed by atoms with Crippen molar-refractivity contribution in [1.82, 2.24) is 4.57 Å². The molecule has 0 fully saturated rings. The maximum absolute atomic E-state index is 11.8. The molecule has 1 aromatic heterocycles. The third-order valence-electron chi connectivity index (χ3n) is 5.15. The maximum Gasteiger partial charge on any atom is 0.305 e. The van der Waals surface area contributed by atoms with Crippen LogP contribution in [0.2, 0.25) is 0 Å². The van der Waals surface area contributed by atoms with Gasteiger partial charge in [-0.1, -0.05) is 48.5 Å². The van der Waals surface area contributed by atoms with Crippen LogP contribution in [0.5, 0.6) is 5.75 Å². The summed E-state index contributed by atoms with van der Waals surface area (Å²) in [6, 6.07) is 19.8. The molecule has 0 radical (unpaired) electrons. The quantitative estimate of drug-likeness (QED) is 0.532. The van der Waals surface area contributed by atoms with Gasteiger partial charge in [0.1, 0.15) is 5.75 Å². The van der Waals surface area contributed by atoms with Gasteiger partial charge in [0.15, 0.2) is 0 Å². The Morgan fingerprint density at radius 3 is 2.52 bits per heavy atom. The zero-order valence-corrected chi connectivity index (χ0v) is 15.4.